The van der Waals surface area contributed by atoms with Crippen molar-refractivity contribution < 1.29 is 19.4 Å². The summed E-state index contributed by atoms with van der Waals surface area (Å²) >= 11 is 3.45. The third-order valence-electron chi connectivity index (χ3n) is 3.31. The lowest BCUT2D eigenvalue weighted by molar-refractivity contribution is -0.142. The van der Waals surface area contributed by atoms with Crippen molar-refractivity contribution in [2.45, 2.75) is 26.8 Å². The molecule has 1 unspecified atom stereocenters. The summed E-state index contributed by atoms with van der Waals surface area (Å²) in [6, 6.07) is 3.87. The zero-order valence-corrected chi connectivity index (χ0v) is 13.8. The predicted octanol–water partition coefficient (Wildman–Crippen LogP) is 3.01. The smallest absolute Gasteiger partial charge is 0.307 e. The van der Waals surface area contributed by atoms with Crippen LogP contribution in [0, 0.1) is 11.8 Å². The van der Waals surface area contributed by atoms with Gasteiger partial charge in [0.2, 0.25) is 6.79 Å². The van der Waals surface area contributed by atoms with Gasteiger partial charge < -0.3 is 19.9 Å². The molecule has 1 heterocycles. The third kappa shape index (κ3) is 4.35. The van der Waals surface area contributed by atoms with E-state index in [9.17, 15) is 9.90 Å². The van der Waals surface area contributed by atoms with E-state index in [0.717, 1.165) is 21.5 Å². The highest BCUT2D eigenvalue weighted by Gasteiger charge is 2.20. The Labute approximate surface area is 132 Å². The molecule has 0 radical (unpaired) electrons. The number of carbonyl (C=O) groups is 1. The van der Waals surface area contributed by atoms with Crippen LogP contribution in [0.1, 0.15) is 25.8 Å². The molecule has 0 saturated heterocycles. The number of rotatable bonds is 7. The number of benzene rings is 1. The van der Waals surface area contributed by atoms with Crippen molar-refractivity contribution in [1.82, 2.24) is 5.32 Å². The monoisotopic (exact) mass is 357 g/mol. The minimum absolute atomic E-state index is 0.236. The fraction of sp³-hybridized carbons (Fsp3) is 0.533. The van der Waals surface area contributed by atoms with Gasteiger partial charge in [-0.15, -0.1) is 0 Å². The van der Waals surface area contributed by atoms with Crippen molar-refractivity contribution in [2.24, 2.45) is 11.8 Å². The van der Waals surface area contributed by atoms with Gasteiger partial charge in [-0.1, -0.05) is 13.8 Å². The standard InChI is InChI=1S/C15H20BrNO4/c1-9(2)3-11(15(18)19)7-17-6-10-4-12(16)14-13(5-10)20-8-21-14/h4-5,9,11,17H,3,6-8H2,1-2H3,(H,18,19). The van der Waals surface area contributed by atoms with E-state index in [0.29, 0.717) is 25.4 Å². The summed E-state index contributed by atoms with van der Waals surface area (Å²) < 4.78 is 11.6. The summed E-state index contributed by atoms with van der Waals surface area (Å²) in [5.41, 5.74) is 1.03. The second-order valence-electron chi connectivity index (χ2n) is 5.61. The minimum Gasteiger partial charge on any atom is -0.481 e. The van der Waals surface area contributed by atoms with Crippen LogP contribution >= 0.6 is 15.9 Å². The Kier molecular flexibility index (Phi) is 5.47. The molecule has 2 rings (SSSR count). The van der Waals surface area contributed by atoms with E-state index in [2.05, 4.69) is 21.2 Å². The van der Waals surface area contributed by atoms with Crippen LogP contribution in [0.4, 0.5) is 0 Å². The maximum Gasteiger partial charge on any atom is 0.307 e. The van der Waals surface area contributed by atoms with E-state index in [1.54, 1.807) is 0 Å². The number of halogens is 1. The summed E-state index contributed by atoms with van der Waals surface area (Å²) in [6.45, 7) is 5.35. The van der Waals surface area contributed by atoms with E-state index in [1.807, 2.05) is 26.0 Å². The van der Waals surface area contributed by atoms with Crippen LogP contribution < -0.4 is 14.8 Å². The Morgan fingerprint density at radius 3 is 2.86 bits per heavy atom. The fourth-order valence-corrected chi connectivity index (χ4v) is 2.96. The topological polar surface area (TPSA) is 67.8 Å². The molecule has 1 aliphatic rings. The summed E-state index contributed by atoms with van der Waals surface area (Å²) in [7, 11) is 0. The zero-order valence-electron chi connectivity index (χ0n) is 12.2. The Morgan fingerprint density at radius 1 is 1.43 bits per heavy atom. The number of aliphatic carboxylic acids is 1. The second-order valence-corrected chi connectivity index (χ2v) is 6.46. The maximum atomic E-state index is 11.2. The zero-order chi connectivity index (χ0) is 15.4. The summed E-state index contributed by atoms with van der Waals surface area (Å²) in [5.74, 6) is 0.707. The minimum atomic E-state index is -0.747. The van der Waals surface area contributed by atoms with Gasteiger partial charge in [-0.25, -0.2) is 0 Å². The first-order chi connectivity index (χ1) is 9.97. The van der Waals surface area contributed by atoms with E-state index >= 15 is 0 Å². The lowest BCUT2D eigenvalue weighted by atomic mass is 9.97. The molecule has 1 aromatic carbocycles. The molecule has 21 heavy (non-hydrogen) atoms. The number of hydrogen-bond donors (Lipinski definition) is 2. The molecule has 0 amide bonds. The Hall–Kier alpha value is -1.27. The van der Waals surface area contributed by atoms with Crippen molar-refractivity contribution in [2.75, 3.05) is 13.3 Å². The van der Waals surface area contributed by atoms with Crippen molar-refractivity contribution in [3.63, 3.8) is 0 Å². The van der Waals surface area contributed by atoms with E-state index in [1.165, 1.54) is 0 Å². The van der Waals surface area contributed by atoms with E-state index < -0.39 is 5.97 Å². The molecule has 1 atom stereocenters. The number of hydrogen-bond acceptors (Lipinski definition) is 4. The molecule has 0 aromatic heterocycles. The first kappa shape index (κ1) is 16.1. The lowest BCUT2D eigenvalue weighted by Gasteiger charge is -2.15. The highest BCUT2D eigenvalue weighted by molar-refractivity contribution is 9.10. The molecule has 116 valence electrons. The van der Waals surface area contributed by atoms with Gasteiger partial charge in [0.05, 0.1) is 10.4 Å². The van der Waals surface area contributed by atoms with Crippen LogP contribution in [0.2, 0.25) is 0 Å². The molecule has 0 saturated carbocycles. The van der Waals surface area contributed by atoms with E-state index in [-0.39, 0.29) is 12.7 Å². The SMILES string of the molecule is CC(C)CC(CNCc1cc(Br)c2c(c1)OCO2)C(=O)O. The molecule has 2 N–H and O–H groups in total. The third-order valence-corrected chi connectivity index (χ3v) is 3.90. The number of ether oxygens (including phenoxy) is 2. The van der Waals surface area contributed by atoms with Gasteiger partial charge in [0.25, 0.3) is 0 Å². The molecular weight excluding hydrogens is 338 g/mol. The Morgan fingerprint density at radius 2 is 2.19 bits per heavy atom. The van der Waals surface area contributed by atoms with Gasteiger partial charge >= 0.3 is 5.97 Å². The molecule has 0 bridgehead atoms. The van der Waals surface area contributed by atoms with Crippen molar-refractivity contribution in [3.05, 3.63) is 22.2 Å². The number of fused-ring (bicyclic) bond motifs is 1. The Balaban J connectivity index is 1.91. The molecule has 1 aliphatic heterocycles. The maximum absolute atomic E-state index is 11.2. The average Bonchev–Trinajstić information content (AvgIpc) is 2.85. The largest absolute Gasteiger partial charge is 0.481 e. The van der Waals surface area contributed by atoms with Gasteiger partial charge in [-0.2, -0.15) is 0 Å². The van der Waals surface area contributed by atoms with Crippen LogP contribution in [-0.2, 0) is 11.3 Å². The highest BCUT2D eigenvalue weighted by atomic mass is 79.9. The van der Waals surface area contributed by atoms with Gasteiger partial charge in [0, 0.05) is 13.1 Å². The molecular formula is C15H20BrNO4. The molecule has 1 aromatic rings. The van der Waals surface area contributed by atoms with Gasteiger partial charge in [-0.05, 0) is 46.0 Å². The first-order valence-corrected chi connectivity index (χ1v) is 7.78. The number of carboxylic acids is 1. The van der Waals surface area contributed by atoms with Crippen LogP contribution in [-0.4, -0.2) is 24.4 Å². The van der Waals surface area contributed by atoms with E-state index in [4.69, 9.17) is 9.47 Å². The average molecular weight is 358 g/mol. The lowest BCUT2D eigenvalue weighted by Crippen LogP contribution is -2.29. The van der Waals surface area contributed by atoms with Gasteiger partial charge in [0.15, 0.2) is 11.5 Å². The number of carboxylic acid groups (broad SMARTS) is 1. The van der Waals surface area contributed by atoms with Crippen LogP contribution in [0.15, 0.2) is 16.6 Å². The van der Waals surface area contributed by atoms with Gasteiger partial charge in [0.1, 0.15) is 0 Å². The van der Waals surface area contributed by atoms with Crippen molar-refractivity contribution >= 4 is 21.9 Å². The molecule has 0 spiro atoms. The summed E-state index contributed by atoms with van der Waals surface area (Å²) in [5, 5.41) is 12.4. The summed E-state index contributed by atoms with van der Waals surface area (Å²) in [6.07, 6.45) is 0.674. The molecule has 5 nitrogen and oxygen atoms in total. The van der Waals surface area contributed by atoms with Crippen molar-refractivity contribution in [3.8, 4) is 11.5 Å². The normalized spacial score (nSPS) is 14.5. The number of nitrogens with one attached hydrogen (secondary N) is 1. The molecule has 0 fully saturated rings. The van der Waals surface area contributed by atoms with Crippen LogP contribution in [0.3, 0.4) is 0 Å². The summed E-state index contributed by atoms with van der Waals surface area (Å²) in [4.78, 5) is 11.2. The predicted molar refractivity (Wildman–Crippen MR) is 82.6 cm³/mol. The first-order valence-electron chi connectivity index (χ1n) is 6.99. The van der Waals surface area contributed by atoms with Crippen molar-refractivity contribution in [1.29, 1.82) is 0 Å². The molecule has 6 heteroatoms. The van der Waals surface area contributed by atoms with Gasteiger partial charge in [-0.3, -0.25) is 4.79 Å². The quantitative estimate of drug-likeness (QED) is 0.784. The van der Waals surface area contributed by atoms with Crippen LogP contribution in [0.25, 0.3) is 0 Å². The fourth-order valence-electron chi connectivity index (χ4n) is 2.35. The second kappa shape index (κ2) is 7.13. The Bertz CT molecular complexity index is 519. The molecule has 0 aliphatic carbocycles. The van der Waals surface area contributed by atoms with Crippen LogP contribution in [0.5, 0.6) is 11.5 Å². The highest BCUT2D eigenvalue weighted by Crippen LogP contribution is 2.39.